The van der Waals surface area contributed by atoms with Crippen molar-refractivity contribution in [1.29, 1.82) is 0 Å². The lowest BCUT2D eigenvalue weighted by Crippen LogP contribution is -2.47. The SMILES string of the molecule is C#CC[N+](C)(C)CCCC(=O)OC1CC(OC(C)=O)C(OC(C)=O)CO1. The molecular weight excluding hydrogens is 342 g/mol. The minimum absolute atomic E-state index is 0.0123. The Balaban J connectivity index is 2.47. The van der Waals surface area contributed by atoms with Crippen LogP contribution in [0.25, 0.3) is 0 Å². The molecule has 0 spiro atoms. The molecule has 0 bridgehead atoms. The van der Waals surface area contributed by atoms with Crippen molar-refractivity contribution in [1.82, 2.24) is 0 Å². The molecule has 0 aromatic carbocycles. The largest absolute Gasteiger partial charge is 0.458 e. The van der Waals surface area contributed by atoms with Crippen LogP contribution in [0.15, 0.2) is 0 Å². The molecule has 0 amide bonds. The number of rotatable bonds is 8. The Labute approximate surface area is 154 Å². The number of nitrogens with zero attached hydrogens (tertiary/aromatic N) is 1. The molecule has 8 nitrogen and oxygen atoms in total. The number of hydrogen-bond acceptors (Lipinski definition) is 7. The molecule has 1 heterocycles. The van der Waals surface area contributed by atoms with Crippen molar-refractivity contribution < 1.29 is 37.8 Å². The third kappa shape index (κ3) is 8.32. The Bertz CT molecular complexity index is 552. The van der Waals surface area contributed by atoms with E-state index in [1.54, 1.807) is 0 Å². The van der Waals surface area contributed by atoms with Gasteiger partial charge < -0.3 is 23.4 Å². The maximum atomic E-state index is 12.0. The maximum absolute atomic E-state index is 12.0. The van der Waals surface area contributed by atoms with Gasteiger partial charge in [0.1, 0.15) is 12.6 Å². The lowest BCUT2D eigenvalue weighted by molar-refractivity contribution is -0.883. The molecule has 1 fully saturated rings. The van der Waals surface area contributed by atoms with Gasteiger partial charge >= 0.3 is 17.9 Å². The van der Waals surface area contributed by atoms with Crippen LogP contribution in [0.2, 0.25) is 0 Å². The first-order valence-electron chi connectivity index (χ1n) is 8.54. The van der Waals surface area contributed by atoms with Crippen molar-refractivity contribution in [2.45, 2.75) is 51.6 Å². The molecule has 1 aliphatic rings. The molecule has 0 N–H and O–H groups in total. The number of terminal acetylenes is 1. The summed E-state index contributed by atoms with van der Waals surface area (Å²) in [4.78, 5) is 34.4. The highest BCUT2D eigenvalue weighted by atomic mass is 16.7. The minimum Gasteiger partial charge on any atom is -0.458 e. The third-order valence-corrected chi connectivity index (χ3v) is 3.85. The predicted octanol–water partition coefficient (Wildman–Crippen LogP) is 0.629. The summed E-state index contributed by atoms with van der Waals surface area (Å²) < 4.78 is 21.6. The monoisotopic (exact) mass is 370 g/mol. The molecule has 0 saturated carbocycles. The highest BCUT2D eigenvalue weighted by Gasteiger charge is 2.37. The van der Waals surface area contributed by atoms with Gasteiger partial charge in [0.2, 0.25) is 6.29 Å². The number of quaternary nitrogens is 1. The molecule has 1 rings (SSSR count). The van der Waals surface area contributed by atoms with E-state index in [0.717, 1.165) is 6.54 Å². The molecule has 8 heteroatoms. The Morgan fingerprint density at radius 1 is 1.12 bits per heavy atom. The van der Waals surface area contributed by atoms with Gasteiger partial charge in [-0.2, -0.15) is 0 Å². The van der Waals surface area contributed by atoms with E-state index < -0.39 is 36.4 Å². The smallest absolute Gasteiger partial charge is 0.308 e. The van der Waals surface area contributed by atoms with Crippen molar-refractivity contribution in [3.05, 3.63) is 0 Å². The average molecular weight is 370 g/mol. The normalized spacial score (nSPS) is 22.8. The summed E-state index contributed by atoms with van der Waals surface area (Å²) in [6, 6.07) is 0. The summed E-state index contributed by atoms with van der Waals surface area (Å²) in [7, 11) is 3.99. The first-order valence-corrected chi connectivity index (χ1v) is 8.54. The second kappa shape index (κ2) is 10.1. The van der Waals surface area contributed by atoms with E-state index in [1.165, 1.54) is 13.8 Å². The highest BCUT2D eigenvalue weighted by molar-refractivity contribution is 5.69. The Morgan fingerprint density at radius 2 is 1.73 bits per heavy atom. The van der Waals surface area contributed by atoms with E-state index in [9.17, 15) is 14.4 Å². The summed E-state index contributed by atoms with van der Waals surface area (Å²) in [5.41, 5.74) is 0. The van der Waals surface area contributed by atoms with E-state index in [2.05, 4.69) is 5.92 Å². The molecule has 26 heavy (non-hydrogen) atoms. The Morgan fingerprint density at radius 3 is 2.31 bits per heavy atom. The molecule has 0 aliphatic carbocycles. The van der Waals surface area contributed by atoms with Crippen LogP contribution >= 0.6 is 0 Å². The third-order valence-electron chi connectivity index (χ3n) is 3.85. The van der Waals surface area contributed by atoms with Crippen molar-refractivity contribution in [2.24, 2.45) is 0 Å². The standard InChI is InChI=1S/C18H28NO7/c1-6-9-19(4,5)10-7-8-17(22)26-18-11-15(24-13(2)20)16(12-23-18)25-14(3)21/h1,15-16,18H,7-12H2,2-5H3/q+1. The summed E-state index contributed by atoms with van der Waals surface area (Å²) in [5.74, 6) is 1.20. The first-order chi connectivity index (χ1) is 12.1. The second-order valence-corrected chi connectivity index (χ2v) is 6.91. The van der Waals surface area contributed by atoms with Gasteiger partial charge in [-0.25, -0.2) is 0 Å². The predicted molar refractivity (Wildman–Crippen MR) is 91.5 cm³/mol. The molecule has 3 atom stereocenters. The van der Waals surface area contributed by atoms with Gasteiger partial charge in [0.05, 0.1) is 40.1 Å². The quantitative estimate of drug-likeness (QED) is 0.268. The number of esters is 3. The van der Waals surface area contributed by atoms with Crippen molar-refractivity contribution >= 4 is 17.9 Å². The van der Waals surface area contributed by atoms with Crippen LogP contribution in [0, 0.1) is 12.3 Å². The van der Waals surface area contributed by atoms with E-state index in [0.29, 0.717) is 17.4 Å². The summed E-state index contributed by atoms with van der Waals surface area (Å²) in [6.45, 7) is 3.84. The molecular formula is C18H28NO7+. The topological polar surface area (TPSA) is 88.1 Å². The molecule has 0 aromatic heterocycles. The molecule has 146 valence electrons. The van der Waals surface area contributed by atoms with Gasteiger partial charge in [-0.05, 0) is 5.92 Å². The average Bonchev–Trinajstić information content (AvgIpc) is 2.48. The van der Waals surface area contributed by atoms with Crippen LogP contribution in [0.4, 0.5) is 0 Å². The zero-order valence-corrected chi connectivity index (χ0v) is 15.9. The summed E-state index contributed by atoms with van der Waals surface area (Å²) in [5, 5.41) is 0. The number of hydrogen-bond donors (Lipinski definition) is 0. The second-order valence-electron chi connectivity index (χ2n) is 6.91. The summed E-state index contributed by atoms with van der Waals surface area (Å²) in [6.07, 6.45) is 4.02. The van der Waals surface area contributed by atoms with Crippen LogP contribution in [-0.4, -0.2) is 74.7 Å². The fourth-order valence-electron chi connectivity index (χ4n) is 2.64. The lowest BCUT2D eigenvalue weighted by atomic mass is 10.1. The van der Waals surface area contributed by atoms with E-state index in [1.807, 2.05) is 14.1 Å². The molecule has 3 unspecified atom stereocenters. The van der Waals surface area contributed by atoms with E-state index >= 15 is 0 Å². The first kappa shape index (κ1) is 21.9. The van der Waals surface area contributed by atoms with Gasteiger partial charge in [0, 0.05) is 20.3 Å². The van der Waals surface area contributed by atoms with Crippen LogP contribution in [0.3, 0.4) is 0 Å². The van der Waals surface area contributed by atoms with E-state index in [4.69, 9.17) is 25.4 Å². The minimum atomic E-state index is -0.841. The lowest BCUT2D eigenvalue weighted by Gasteiger charge is -2.34. The number of ether oxygens (including phenoxy) is 4. The Hall–Kier alpha value is -2.11. The molecule has 1 saturated heterocycles. The summed E-state index contributed by atoms with van der Waals surface area (Å²) >= 11 is 0. The number of carbonyl (C=O) groups is 3. The Kier molecular flexibility index (Phi) is 8.55. The van der Waals surface area contributed by atoms with Crippen LogP contribution in [0.5, 0.6) is 0 Å². The highest BCUT2D eigenvalue weighted by Crippen LogP contribution is 2.22. The van der Waals surface area contributed by atoms with Crippen LogP contribution < -0.4 is 0 Å². The van der Waals surface area contributed by atoms with Crippen molar-refractivity contribution in [3.63, 3.8) is 0 Å². The maximum Gasteiger partial charge on any atom is 0.308 e. The van der Waals surface area contributed by atoms with Crippen molar-refractivity contribution in [3.8, 4) is 12.3 Å². The zero-order chi connectivity index (χ0) is 19.7. The molecule has 1 aliphatic heterocycles. The van der Waals surface area contributed by atoms with Gasteiger partial charge in [-0.15, -0.1) is 6.42 Å². The fraction of sp³-hybridized carbons (Fsp3) is 0.722. The van der Waals surface area contributed by atoms with E-state index in [-0.39, 0.29) is 19.4 Å². The van der Waals surface area contributed by atoms with Crippen molar-refractivity contribution in [2.75, 3.05) is 33.8 Å². The number of carbonyl (C=O) groups excluding carboxylic acids is 3. The van der Waals surface area contributed by atoms with Crippen LogP contribution in [0.1, 0.15) is 33.1 Å². The van der Waals surface area contributed by atoms with Gasteiger partial charge in [-0.3, -0.25) is 14.4 Å². The van der Waals surface area contributed by atoms with Gasteiger partial charge in [0.25, 0.3) is 0 Å². The fourth-order valence-corrected chi connectivity index (χ4v) is 2.64. The van der Waals surface area contributed by atoms with Gasteiger partial charge in [-0.1, -0.05) is 0 Å². The zero-order valence-electron chi connectivity index (χ0n) is 15.9. The van der Waals surface area contributed by atoms with Crippen LogP contribution in [-0.2, 0) is 33.3 Å². The molecule has 0 aromatic rings. The van der Waals surface area contributed by atoms with Gasteiger partial charge in [0.15, 0.2) is 6.10 Å². The molecule has 0 radical (unpaired) electrons.